The van der Waals surface area contributed by atoms with Gasteiger partial charge >= 0.3 is 5.97 Å². The fourth-order valence-corrected chi connectivity index (χ4v) is 4.77. The number of Topliss-reactive ketones (excluding diaryl/α,β-unsaturated/α-hetero) is 1. The van der Waals surface area contributed by atoms with E-state index in [9.17, 15) is 9.59 Å². The molecule has 7 nitrogen and oxygen atoms in total. The average Bonchev–Trinajstić information content (AvgIpc) is 2.81. The van der Waals surface area contributed by atoms with E-state index < -0.39 is 34.9 Å². The van der Waals surface area contributed by atoms with E-state index in [4.69, 9.17) is 23.7 Å². The summed E-state index contributed by atoms with van der Waals surface area (Å²) < 4.78 is 27.0. The molecule has 27 heavy (non-hydrogen) atoms. The van der Waals surface area contributed by atoms with Gasteiger partial charge < -0.3 is 23.7 Å². The molecule has 152 valence electrons. The molecule has 2 aliphatic carbocycles. The molecule has 0 aliphatic heterocycles. The Kier molecular flexibility index (Phi) is 6.63. The van der Waals surface area contributed by atoms with Crippen LogP contribution in [0.5, 0.6) is 0 Å². The lowest BCUT2D eigenvalue weighted by atomic mass is 9.59. The van der Waals surface area contributed by atoms with Crippen molar-refractivity contribution in [2.45, 2.75) is 38.4 Å². The Bertz CT molecular complexity index is 610. The smallest absolute Gasteiger partial charge is 0.320 e. The Balaban J connectivity index is 2.68. The minimum Gasteiger partial charge on any atom is -0.468 e. The number of carbonyl (C=O) groups is 2. The van der Waals surface area contributed by atoms with Crippen molar-refractivity contribution < 1.29 is 33.3 Å². The zero-order valence-corrected chi connectivity index (χ0v) is 16.8. The molecule has 0 unspecified atom stereocenters. The molecule has 0 radical (unpaired) electrons. The number of allylic oxidation sites excluding steroid dienone is 2. The van der Waals surface area contributed by atoms with Gasteiger partial charge in [-0.2, -0.15) is 0 Å². The molecule has 0 aromatic carbocycles. The third kappa shape index (κ3) is 3.16. The van der Waals surface area contributed by atoms with Crippen LogP contribution in [0.1, 0.15) is 26.7 Å². The highest BCUT2D eigenvalue weighted by atomic mass is 16.7. The van der Waals surface area contributed by atoms with Crippen molar-refractivity contribution in [1.29, 1.82) is 0 Å². The number of methoxy groups -OCH3 is 3. The number of carbonyl (C=O) groups excluding carboxylic acids is 2. The first-order valence-corrected chi connectivity index (χ1v) is 8.91. The van der Waals surface area contributed by atoms with Crippen LogP contribution in [-0.4, -0.2) is 58.4 Å². The van der Waals surface area contributed by atoms with E-state index in [1.807, 2.05) is 13.8 Å². The Hall–Kier alpha value is -1.54. The minimum atomic E-state index is -1.42. The number of ketones is 1. The number of esters is 1. The minimum absolute atomic E-state index is 0.00190. The molecule has 0 aromatic heterocycles. The fourth-order valence-electron chi connectivity index (χ4n) is 4.77. The van der Waals surface area contributed by atoms with Gasteiger partial charge in [0.2, 0.25) is 0 Å². The second-order valence-corrected chi connectivity index (χ2v) is 7.43. The zero-order valence-electron chi connectivity index (χ0n) is 16.8. The maximum absolute atomic E-state index is 13.9. The quantitative estimate of drug-likeness (QED) is 0.262. The maximum Gasteiger partial charge on any atom is 0.320 e. The highest BCUT2D eigenvalue weighted by Crippen LogP contribution is 2.62. The molecule has 2 fully saturated rings. The highest BCUT2D eigenvalue weighted by Gasteiger charge is 2.76. The van der Waals surface area contributed by atoms with Gasteiger partial charge in [-0.3, -0.25) is 9.59 Å². The number of fused-ring (bicyclic) bond motifs is 2. The van der Waals surface area contributed by atoms with Gasteiger partial charge in [-0.25, -0.2) is 0 Å². The molecule has 0 aromatic rings. The Morgan fingerprint density at radius 3 is 2.15 bits per heavy atom. The number of hydrogen-bond acceptors (Lipinski definition) is 7. The SMILES string of the molecule is C=C(C)[C@H]1C[C@]2(OCOC)C(=O)[C@@]1(C(=O)OC)[C@H](C(=C)C)C[C@H]2OCOC. The zero-order chi connectivity index (χ0) is 20.4. The monoisotopic (exact) mass is 382 g/mol. The summed E-state index contributed by atoms with van der Waals surface area (Å²) in [6.07, 6.45) is 0.0362. The lowest BCUT2D eigenvalue weighted by Gasteiger charge is -2.46. The molecular formula is C20H30O7. The number of ether oxygens (including phenoxy) is 5. The normalized spacial score (nSPS) is 35.1. The molecule has 0 spiro atoms. The van der Waals surface area contributed by atoms with Gasteiger partial charge in [0.25, 0.3) is 0 Å². The number of rotatable bonds is 9. The molecule has 2 rings (SSSR count). The predicted octanol–water partition coefficient (Wildman–Crippen LogP) is 2.26. The van der Waals surface area contributed by atoms with Gasteiger partial charge in [-0.1, -0.05) is 24.3 Å². The third-order valence-corrected chi connectivity index (χ3v) is 5.87. The molecule has 0 N–H and O–H groups in total. The molecule has 2 saturated carbocycles. The summed E-state index contributed by atoms with van der Waals surface area (Å²) in [5.41, 5.74) is -1.32. The summed E-state index contributed by atoms with van der Waals surface area (Å²) in [6, 6.07) is 0. The van der Waals surface area contributed by atoms with Gasteiger partial charge in [0, 0.05) is 26.1 Å². The van der Waals surface area contributed by atoms with E-state index in [1.54, 1.807) is 0 Å². The van der Waals surface area contributed by atoms with Crippen LogP contribution in [0.25, 0.3) is 0 Å². The van der Waals surface area contributed by atoms with E-state index in [0.29, 0.717) is 12.0 Å². The van der Waals surface area contributed by atoms with Crippen LogP contribution in [-0.2, 0) is 33.3 Å². The molecule has 7 heteroatoms. The van der Waals surface area contributed by atoms with Crippen molar-refractivity contribution in [1.82, 2.24) is 0 Å². The van der Waals surface area contributed by atoms with E-state index in [-0.39, 0.29) is 25.8 Å². The van der Waals surface area contributed by atoms with Gasteiger partial charge in [0.15, 0.2) is 11.4 Å². The van der Waals surface area contributed by atoms with Gasteiger partial charge in [-0.05, 0) is 26.7 Å². The van der Waals surface area contributed by atoms with Gasteiger partial charge in [0.1, 0.15) is 19.0 Å². The third-order valence-electron chi connectivity index (χ3n) is 5.87. The van der Waals surface area contributed by atoms with Crippen LogP contribution in [0.3, 0.4) is 0 Å². The second-order valence-electron chi connectivity index (χ2n) is 7.43. The Morgan fingerprint density at radius 2 is 1.67 bits per heavy atom. The van der Waals surface area contributed by atoms with Crippen molar-refractivity contribution in [3.63, 3.8) is 0 Å². The van der Waals surface area contributed by atoms with Crippen molar-refractivity contribution in [3.8, 4) is 0 Å². The molecule has 0 saturated heterocycles. The molecule has 0 heterocycles. The molecule has 2 bridgehead atoms. The van der Waals surface area contributed by atoms with Crippen LogP contribution in [0.15, 0.2) is 24.3 Å². The summed E-state index contributed by atoms with van der Waals surface area (Å²) in [5.74, 6) is -1.84. The van der Waals surface area contributed by atoms with Crippen molar-refractivity contribution in [2.75, 3.05) is 34.9 Å². The second kappa shape index (κ2) is 8.22. The lowest BCUT2D eigenvalue weighted by Crippen LogP contribution is -2.62. The summed E-state index contributed by atoms with van der Waals surface area (Å²) in [5, 5.41) is 0. The standard InChI is InChI=1S/C20H30O7/c1-12(2)14-8-16(26-10-23-5)19(27-11-24-6)9-15(13(3)4)20(14,17(19)21)18(22)25-7/h14-16H,1,3,8-11H2,2,4-7H3/t14-,15+,16+,19+,20+/m0/s1. The van der Waals surface area contributed by atoms with Crippen LogP contribution >= 0.6 is 0 Å². The molecule has 5 atom stereocenters. The van der Waals surface area contributed by atoms with Crippen molar-refractivity contribution in [3.05, 3.63) is 24.3 Å². The Labute approximate surface area is 160 Å². The first-order chi connectivity index (χ1) is 12.7. The Morgan fingerprint density at radius 1 is 1.07 bits per heavy atom. The van der Waals surface area contributed by atoms with Crippen molar-refractivity contribution >= 4 is 11.8 Å². The van der Waals surface area contributed by atoms with E-state index >= 15 is 0 Å². The van der Waals surface area contributed by atoms with E-state index in [1.165, 1.54) is 21.3 Å². The predicted molar refractivity (Wildman–Crippen MR) is 97.7 cm³/mol. The van der Waals surface area contributed by atoms with Gasteiger partial charge in [-0.15, -0.1) is 0 Å². The topological polar surface area (TPSA) is 80.3 Å². The fraction of sp³-hybridized carbons (Fsp3) is 0.700. The summed E-state index contributed by atoms with van der Waals surface area (Å²) in [4.78, 5) is 26.9. The summed E-state index contributed by atoms with van der Waals surface area (Å²) in [6.45, 7) is 11.6. The highest BCUT2D eigenvalue weighted by molar-refractivity contribution is 6.12. The summed E-state index contributed by atoms with van der Waals surface area (Å²) in [7, 11) is 4.27. The van der Waals surface area contributed by atoms with Crippen LogP contribution in [0.2, 0.25) is 0 Å². The van der Waals surface area contributed by atoms with Crippen LogP contribution in [0.4, 0.5) is 0 Å². The first-order valence-electron chi connectivity index (χ1n) is 8.91. The molecular weight excluding hydrogens is 352 g/mol. The summed E-state index contributed by atoms with van der Waals surface area (Å²) >= 11 is 0. The van der Waals surface area contributed by atoms with E-state index in [0.717, 1.165) is 5.57 Å². The molecule has 2 aliphatic rings. The average molecular weight is 382 g/mol. The van der Waals surface area contributed by atoms with Crippen molar-refractivity contribution in [2.24, 2.45) is 17.3 Å². The maximum atomic E-state index is 13.9. The lowest BCUT2D eigenvalue weighted by molar-refractivity contribution is -0.220. The van der Waals surface area contributed by atoms with Crippen LogP contribution < -0.4 is 0 Å². The molecule has 0 amide bonds. The van der Waals surface area contributed by atoms with E-state index in [2.05, 4.69) is 13.2 Å². The van der Waals surface area contributed by atoms with Gasteiger partial charge in [0.05, 0.1) is 13.2 Å². The first kappa shape index (κ1) is 21.8. The largest absolute Gasteiger partial charge is 0.468 e. The van der Waals surface area contributed by atoms with Crippen LogP contribution in [0, 0.1) is 17.3 Å². The number of hydrogen-bond donors (Lipinski definition) is 0.